The number of hydrogen-bond donors (Lipinski definition) is 2. The molecule has 0 aliphatic rings. The second kappa shape index (κ2) is 6.43. The van der Waals surface area contributed by atoms with E-state index in [4.69, 9.17) is 5.73 Å². The zero-order valence-electron chi connectivity index (χ0n) is 9.66. The molecule has 0 saturated heterocycles. The summed E-state index contributed by atoms with van der Waals surface area (Å²) in [5.74, 6) is 0. The SMILES string of the molecule is CN(C)c1cccc(CNCCCN)c1. The van der Waals surface area contributed by atoms with E-state index in [1.807, 2.05) is 0 Å². The van der Waals surface area contributed by atoms with Gasteiger partial charge in [-0.25, -0.2) is 0 Å². The van der Waals surface area contributed by atoms with Gasteiger partial charge in [0.15, 0.2) is 0 Å². The monoisotopic (exact) mass is 207 g/mol. The van der Waals surface area contributed by atoms with Crippen LogP contribution < -0.4 is 16.0 Å². The van der Waals surface area contributed by atoms with E-state index < -0.39 is 0 Å². The zero-order chi connectivity index (χ0) is 11.1. The van der Waals surface area contributed by atoms with Crippen molar-refractivity contribution in [1.82, 2.24) is 5.32 Å². The predicted molar refractivity (Wildman–Crippen MR) is 66.1 cm³/mol. The molecule has 0 fully saturated rings. The van der Waals surface area contributed by atoms with Gasteiger partial charge >= 0.3 is 0 Å². The summed E-state index contributed by atoms with van der Waals surface area (Å²) in [7, 11) is 4.11. The second-order valence-electron chi connectivity index (χ2n) is 3.88. The Morgan fingerprint density at radius 3 is 2.80 bits per heavy atom. The van der Waals surface area contributed by atoms with Gasteiger partial charge in [-0.2, -0.15) is 0 Å². The summed E-state index contributed by atoms with van der Waals surface area (Å²) in [6, 6.07) is 8.55. The van der Waals surface area contributed by atoms with E-state index in [2.05, 4.69) is 48.6 Å². The molecule has 0 aliphatic heterocycles. The van der Waals surface area contributed by atoms with Crippen LogP contribution in [0.2, 0.25) is 0 Å². The van der Waals surface area contributed by atoms with Gasteiger partial charge < -0.3 is 16.0 Å². The van der Waals surface area contributed by atoms with E-state index in [1.165, 1.54) is 11.3 Å². The van der Waals surface area contributed by atoms with Crippen LogP contribution in [0.1, 0.15) is 12.0 Å². The molecule has 0 atom stereocenters. The summed E-state index contributed by atoms with van der Waals surface area (Å²) in [5.41, 5.74) is 7.99. The largest absolute Gasteiger partial charge is 0.378 e. The van der Waals surface area contributed by atoms with Crippen LogP contribution in [0.25, 0.3) is 0 Å². The fraction of sp³-hybridized carbons (Fsp3) is 0.500. The van der Waals surface area contributed by atoms with Crippen molar-refractivity contribution in [1.29, 1.82) is 0 Å². The minimum atomic E-state index is 0.755. The van der Waals surface area contributed by atoms with Crippen molar-refractivity contribution in [2.24, 2.45) is 5.73 Å². The molecule has 0 aliphatic carbocycles. The topological polar surface area (TPSA) is 41.3 Å². The van der Waals surface area contributed by atoms with Crippen molar-refractivity contribution in [3.05, 3.63) is 29.8 Å². The molecule has 0 amide bonds. The molecule has 3 heteroatoms. The Labute approximate surface area is 92.3 Å². The first kappa shape index (κ1) is 12.0. The molecule has 3 nitrogen and oxygen atoms in total. The van der Waals surface area contributed by atoms with Crippen LogP contribution >= 0.6 is 0 Å². The van der Waals surface area contributed by atoms with Crippen LogP contribution in [0.5, 0.6) is 0 Å². The summed E-state index contributed by atoms with van der Waals surface area (Å²) in [6.07, 6.45) is 1.04. The fourth-order valence-corrected chi connectivity index (χ4v) is 1.40. The van der Waals surface area contributed by atoms with Crippen molar-refractivity contribution < 1.29 is 0 Å². The molecule has 15 heavy (non-hydrogen) atoms. The van der Waals surface area contributed by atoms with Gasteiger partial charge in [0.2, 0.25) is 0 Å². The second-order valence-corrected chi connectivity index (χ2v) is 3.88. The Hall–Kier alpha value is -1.06. The Bertz CT molecular complexity index is 284. The Kier molecular flexibility index (Phi) is 5.15. The van der Waals surface area contributed by atoms with E-state index in [9.17, 15) is 0 Å². The molecular formula is C12H21N3. The third kappa shape index (κ3) is 4.32. The first-order chi connectivity index (χ1) is 7.24. The lowest BCUT2D eigenvalue weighted by molar-refractivity contribution is 0.655. The summed E-state index contributed by atoms with van der Waals surface area (Å²) in [5, 5.41) is 3.37. The van der Waals surface area contributed by atoms with Gasteiger partial charge in [-0.15, -0.1) is 0 Å². The molecule has 0 saturated carbocycles. The molecule has 84 valence electrons. The van der Waals surface area contributed by atoms with Crippen LogP contribution in [0.4, 0.5) is 5.69 Å². The van der Waals surface area contributed by atoms with Crippen LogP contribution in [0.3, 0.4) is 0 Å². The quantitative estimate of drug-likeness (QED) is 0.689. The smallest absolute Gasteiger partial charge is 0.0364 e. The van der Waals surface area contributed by atoms with Crippen molar-refractivity contribution in [3.8, 4) is 0 Å². The zero-order valence-corrected chi connectivity index (χ0v) is 9.66. The number of anilines is 1. The lowest BCUT2D eigenvalue weighted by Crippen LogP contribution is -2.18. The first-order valence-corrected chi connectivity index (χ1v) is 5.41. The number of nitrogens with one attached hydrogen (secondary N) is 1. The molecule has 0 heterocycles. The maximum atomic E-state index is 5.43. The molecule has 0 bridgehead atoms. The average molecular weight is 207 g/mol. The highest BCUT2D eigenvalue weighted by molar-refractivity contribution is 5.47. The van der Waals surface area contributed by atoms with E-state index in [0.29, 0.717) is 0 Å². The standard InChI is InChI=1S/C12H21N3/c1-15(2)12-6-3-5-11(9-12)10-14-8-4-7-13/h3,5-6,9,14H,4,7-8,10,13H2,1-2H3. The average Bonchev–Trinajstić information content (AvgIpc) is 2.25. The number of benzene rings is 1. The molecule has 0 spiro atoms. The maximum absolute atomic E-state index is 5.43. The van der Waals surface area contributed by atoms with Gasteiger partial charge in [0.05, 0.1) is 0 Å². The molecule has 0 unspecified atom stereocenters. The Morgan fingerprint density at radius 1 is 1.33 bits per heavy atom. The maximum Gasteiger partial charge on any atom is 0.0364 e. The Balaban J connectivity index is 2.43. The molecule has 1 aromatic rings. The molecule has 3 N–H and O–H groups in total. The van der Waals surface area contributed by atoms with Crippen LogP contribution in [-0.2, 0) is 6.54 Å². The minimum Gasteiger partial charge on any atom is -0.378 e. The van der Waals surface area contributed by atoms with Crippen LogP contribution in [0, 0.1) is 0 Å². The van der Waals surface area contributed by atoms with Gasteiger partial charge in [-0.3, -0.25) is 0 Å². The van der Waals surface area contributed by atoms with Gasteiger partial charge in [-0.1, -0.05) is 12.1 Å². The highest BCUT2D eigenvalue weighted by Gasteiger charge is 1.96. The van der Waals surface area contributed by atoms with Crippen molar-refractivity contribution >= 4 is 5.69 Å². The normalized spacial score (nSPS) is 10.3. The summed E-state index contributed by atoms with van der Waals surface area (Å²) >= 11 is 0. The van der Waals surface area contributed by atoms with Gasteiger partial charge in [0, 0.05) is 26.3 Å². The van der Waals surface area contributed by atoms with E-state index >= 15 is 0 Å². The molecule has 1 rings (SSSR count). The highest BCUT2D eigenvalue weighted by atomic mass is 15.1. The number of hydrogen-bond acceptors (Lipinski definition) is 3. The third-order valence-electron chi connectivity index (χ3n) is 2.31. The molecule has 0 radical (unpaired) electrons. The fourth-order valence-electron chi connectivity index (χ4n) is 1.40. The van der Waals surface area contributed by atoms with E-state index in [1.54, 1.807) is 0 Å². The van der Waals surface area contributed by atoms with Gasteiger partial charge in [0.25, 0.3) is 0 Å². The molecular weight excluding hydrogens is 186 g/mol. The summed E-state index contributed by atoms with van der Waals surface area (Å²) in [4.78, 5) is 2.11. The van der Waals surface area contributed by atoms with E-state index in [0.717, 1.165) is 26.1 Å². The summed E-state index contributed by atoms with van der Waals surface area (Å²) in [6.45, 7) is 2.66. The third-order valence-corrected chi connectivity index (χ3v) is 2.31. The van der Waals surface area contributed by atoms with Gasteiger partial charge in [0.1, 0.15) is 0 Å². The summed E-state index contributed by atoms with van der Waals surface area (Å²) < 4.78 is 0. The molecule has 1 aromatic carbocycles. The first-order valence-electron chi connectivity index (χ1n) is 5.41. The van der Waals surface area contributed by atoms with Crippen LogP contribution in [0.15, 0.2) is 24.3 Å². The van der Waals surface area contributed by atoms with Crippen LogP contribution in [-0.4, -0.2) is 27.2 Å². The predicted octanol–water partition coefficient (Wildman–Crippen LogP) is 1.19. The van der Waals surface area contributed by atoms with Crippen molar-refractivity contribution in [2.45, 2.75) is 13.0 Å². The van der Waals surface area contributed by atoms with E-state index in [-0.39, 0.29) is 0 Å². The van der Waals surface area contributed by atoms with Crippen molar-refractivity contribution in [2.75, 3.05) is 32.1 Å². The number of rotatable bonds is 6. The lowest BCUT2D eigenvalue weighted by Gasteiger charge is -2.13. The minimum absolute atomic E-state index is 0.755. The highest BCUT2D eigenvalue weighted by Crippen LogP contribution is 2.12. The molecule has 0 aromatic heterocycles. The number of nitrogens with two attached hydrogens (primary N) is 1. The van der Waals surface area contributed by atoms with Gasteiger partial charge in [-0.05, 0) is 37.2 Å². The Morgan fingerprint density at radius 2 is 2.13 bits per heavy atom. The lowest BCUT2D eigenvalue weighted by atomic mass is 10.2. The van der Waals surface area contributed by atoms with Crippen molar-refractivity contribution in [3.63, 3.8) is 0 Å². The number of nitrogens with zero attached hydrogens (tertiary/aromatic N) is 1.